The van der Waals surface area contributed by atoms with Gasteiger partial charge >= 0.3 is 0 Å². The van der Waals surface area contributed by atoms with Gasteiger partial charge in [0.25, 0.3) is 0 Å². The summed E-state index contributed by atoms with van der Waals surface area (Å²) in [7, 11) is 0. The van der Waals surface area contributed by atoms with Crippen molar-refractivity contribution >= 4 is 29.4 Å². The number of aliphatic imine (C=N–C) groups is 1. The van der Waals surface area contributed by atoms with Gasteiger partial charge in [-0.1, -0.05) is 55.5 Å². The molecule has 1 aromatic rings. The highest BCUT2D eigenvalue weighted by atomic mass is 32.2. The molecule has 0 unspecified atom stereocenters. The van der Waals surface area contributed by atoms with Crippen LogP contribution in [0.3, 0.4) is 0 Å². The summed E-state index contributed by atoms with van der Waals surface area (Å²) in [5.41, 5.74) is 3.79. The van der Waals surface area contributed by atoms with Crippen LogP contribution >= 0.6 is 11.8 Å². The number of hydrogen-bond donors (Lipinski definition) is 0. The molecule has 0 aliphatic rings. The fraction of sp³-hybridized carbons (Fsp3) is 0.300. The van der Waals surface area contributed by atoms with Crippen LogP contribution in [-0.4, -0.2) is 12.0 Å². The second-order valence-electron chi connectivity index (χ2n) is 5.31. The van der Waals surface area contributed by atoms with Gasteiger partial charge in [0.2, 0.25) is 0 Å². The van der Waals surface area contributed by atoms with Crippen LogP contribution in [0.15, 0.2) is 63.4 Å². The van der Waals surface area contributed by atoms with Gasteiger partial charge in [-0.25, -0.2) is 0 Å². The molecule has 0 saturated heterocycles. The van der Waals surface area contributed by atoms with Gasteiger partial charge in [-0.15, -0.1) is 0 Å². The van der Waals surface area contributed by atoms with Crippen molar-refractivity contribution in [2.45, 2.75) is 45.4 Å². The Balaban J connectivity index is 3.03. The molecule has 0 saturated carbocycles. The van der Waals surface area contributed by atoms with Crippen molar-refractivity contribution in [3.63, 3.8) is 0 Å². The summed E-state index contributed by atoms with van der Waals surface area (Å²) in [5, 5.41) is 2.10. The Hall–Kier alpha value is -1.87. The van der Waals surface area contributed by atoms with E-state index in [0.717, 1.165) is 35.4 Å². The third-order valence-corrected chi connectivity index (χ3v) is 4.17. The van der Waals surface area contributed by atoms with Gasteiger partial charge in [0.15, 0.2) is 0 Å². The number of allylic oxidation sites excluding steroid dienone is 5. The number of aldehydes is 1. The van der Waals surface area contributed by atoms with Gasteiger partial charge in [0.05, 0.1) is 5.69 Å². The van der Waals surface area contributed by atoms with Crippen molar-refractivity contribution in [2.75, 3.05) is 0 Å². The minimum atomic E-state index is 0.658. The molecule has 0 aliphatic carbocycles. The average Bonchev–Trinajstić information content (AvgIpc) is 2.54. The second-order valence-corrected chi connectivity index (χ2v) is 6.22. The van der Waals surface area contributed by atoms with Crippen molar-refractivity contribution in [2.24, 2.45) is 4.99 Å². The van der Waals surface area contributed by atoms with Crippen LogP contribution in [0.1, 0.15) is 50.9 Å². The quantitative estimate of drug-likeness (QED) is 0.235. The van der Waals surface area contributed by atoms with E-state index in [-0.39, 0.29) is 0 Å². The zero-order chi connectivity index (χ0) is 17.1. The Morgan fingerprint density at radius 1 is 1.26 bits per heavy atom. The summed E-state index contributed by atoms with van der Waals surface area (Å²) in [4.78, 5) is 16.8. The van der Waals surface area contributed by atoms with Crippen LogP contribution < -0.4 is 0 Å². The topological polar surface area (TPSA) is 29.4 Å². The van der Waals surface area contributed by atoms with Crippen LogP contribution in [0.5, 0.6) is 0 Å². The molecule has 0 amide bonds. The highest BCUT2D eigenvalue weighted by molar-refractivity contribution is 8.02. The van der Waals surface area contributed by atoms with Gasteiger partial charge in [0.1, 0.15) is 6.29 Å². The molecule has 0 fully saturated rings. The highest BCUT2D eigenvalue weighted by Gasteiger charge is 2.04. The maximum Gasteiger partial charge on any atom is 0.150 e. The smallest absolute Gasteiger partial charge is 0.150 e. The Labute approximate surface area is 144 Å². The van der Waals surface area contributed by atoms with E-state index in [4.69, 9.17) is 0 Å². The lowest BCUT2D eigenvalue weighted by Gasteiger charge is -2.06. The molecule has 0 radical (unpaired) electrons. The molecule has 0 aromatic heterocycles. The largest absolute Gasteiger partial charge is 0.298 e. The molecule has 122 valence electrons. The summed E-state index contributed by atoms with van der Waals surface area (Å²) < 4.78 is 0. The molecule has 1 rings (SSSR count). The molecule has 1 aromatic carbocycles. The summed E-state index contributed by atoms with van der Waals surface area (Å²) in [6.45, 7) is 8.24. The summed E-state index contributed by atoms with van der Waals surface area (Å²) in [6.07, 6.45) is 11.0. The lowest BCUT2D eigenvalue weighted by atomic mass is 10.2. The zero-order valence-corrected chi connectivity index (χ0v) is 15.2. The van der Waals surface area contributed by atoms with Crippen LogP contribution in [-0.2, 0) is 0 Å². The van der Waals surface area contributed by atoms with Gasteiger partial charge < -0.3 is 0 Å². The number of thioether (sulfide) groups is 1. The van der Waals surface area contributed by atoms with Gasteiger partial charge in [-0.2, -0.15) is 0 Å². The first-order valence-electron chi connectivity index (χ1n) is 7.86. The van der Waals surface area contributed by atoms with Gasteiger partial charge in [-0.3, -0.25) is 9.79 Å². The minimum Gasteiger partial charge on any atom is -0.298 e. The molecule has 23 heavy (non-hydrogen) atoms. The van der Waals surface area contributed by atoms with E-state index >= 15 is 0 Å². The number of hydrogen-bond acceptors (Lipinski definition) is 3. The average molecular weight is 327 g/mol. The number of nitrogens with zero attached hydrogens (tertiary/aromatic N) is 1. The van der Waals surface area contributed by atoms with Crippen molar-refractivity contribution in [3.8, 4) is 0 Å². The van der Waals surface area contributed by atoms with Crippen molar-refractivity contribution in [1.82, 2.24) is 0 Å². The molecule has 0 aliphatic heterocycles. The monoisotopic (exact) mass is 327 g/mol. The SMILES string of the molecule is C\C=C/C=C\C(C)=C\Sc1ccc(C=O)cc1N=C(C)CCC. The summed E-state index contributed by atoms with van der Waals surface area (Å²) >= 11 is 1.63. The molecule has 3 heteroatoms. The third kappa shape index (κ3) is 7.29. The van der Waals surface area contributed by atoms with Gasteiger partial charge in [-0.05, 0) is 50.3 Å². The molecule has 0 bridgehead atoms. The highest BCUT2D eigenvalue weighted by Crippen LogP contribution is 2.32. The number of rotatable bonds is 8. The fourth-order valence-electron chi connectivity index (χ4n) is 1.93. The van der Waals surface area contributed by atoms with Gasteiger partial charge in [0, 0.05) is 16.2 Å². The molecule has 0 atom stereocenters. The van der Waals surface area contributed by atoms with Crippen LogP contribution in [0, 0.1) is 0 Å². The van der Waals surface area contributed by atoms with Crippen molar-refractivity contribution in [1.29, 1.82) is 0 Å². The van der Waals surface area contributed by atoms with E-state index in [1.54, 1.807) is 11.8 Å². The fourth-order valence-corrected chi connectivity index (χ4v) is 2.70. The molecule has 0 spiro atoms. The normalized spacial score (nSPS) is 13.2. The summed E-state index contributed by atoms with van der Waals surface area (Å²) in [6, 6.07) is 5.65. The zero-order valence-electron chi connectivity index (χ0n) is 14.4. The first-order valence-corrected chi connectivity index (χ1v) is 8.74. The maximum absolute atomic E-state index is 11.0. The second kappa shape index (κ2) is 10.8. The predicted molar refractivity (Wildman–Crippen MR) is 103 cm³/mol. The van der Waals surface area contributed by atoms with E-state index in [9.17, 15) is 4.79 Å². The Kier molecular flexibility index (Phi) is 9.00. The molecular weight excluding hydrogens is 302 g/mol. The van der Waals surface area contributed by atoms with E-state index in [0.29, 0.717) is 5.56 Å². The number of carbonyl (C=O) groups excluding carboxylic acids is 1. The number of benzene rings is 1. The van der Waals surface area contributed by atoms with E-state index in [2.05, 4.69) is 30.3 Å². The van der Waals surface area contributed by atoms with E-state index < -0.39 is 0 Å². The lowest BCUT2D eigenvalue weighted by Crippen LogP contribution is -1.90. The van der Waals surface area contributed by atoms with Crippen molar-refractivity contribution in [3.05, 3.63) is 59.0 Å². The van der Waals surface area contributed by atoms with Crippen LogP contribution in [0.2, 0.25) is 0 Å². The first kappa shape index (κ1) is 19.2. The molecular formula is C20H25NOS. The third-order valence-electron chi connectivity index (χ3n) is 3.08. The lowest BCUT2D eigenvalue weighted by molar-refractivity contribution is 0.112. The van der Waals surface area contributed by atoms with E-state index in [1.165, 1.54) is 5.57 Å². The maximum atomic E-state index is 11.0. The Bertz CT molecular complexity index is 639. The molecule has 0 heterocycles. The Morgan fingerprint density at radius 2 is 2.04 bits per heavy atom. The molecule has 2 nitrogen and oxygen atoms in total. The first-order chi connectivity index (χ1) is 11.1. The van der Waals surface area contributed by atoms with E-state index in [1.807, 2.05) is 50.3 Å². The Morgan fingerprint density at radius 3 is 2.70 bits per heavy atom. The van der Waals surface area contributed by atoms with Crippen LogP contribution in [0.4, 0.5) is 5.69 Å². The minimum absolute atomic E-state index is 0.658. The predicted octanol–water partition coefficient (Wildman–Crippen LogP) is 6.52. The molecule has 0 N–H and O–H groups in total. The summed E-state index contributed by atoms with van der Waals surface area (Å²) in [5.74, 6) is 0. The van der Waals surface area contributed by atoms with Crippen molar-refractivity contribution < 1.29 is 4.79 Å². The van der Waals surface area contributed by atoms with Crippen LogP contribution in [0.25, 0.3) is 0 Å². The standard InChI is InChI=1S/C20H25NOS/c1-5-7-8-10-16(3)15-23-20-12-11-18(14-22)13-19(20)21-17(4)9-6-2/h5,7-8,10-15H,6,9H2,1-4H3/b7-5-,10-8-,16-15+,21-17?. The number of carbonyl (C=O) groups is 1.